The number of halogens is 1. The molecule has 112 valence electrons. The minimum atomic E-state index is -3.62. The van der Waals surface area contributed by atoms with Gasteiger partial charge in [0.1, 0.15) is 0 Å². The molecule has 19 heavy (non-hydrogen) atoms. The van der Waals surface area contributed by atoms with Gasteiger partial charge in [0.25, 0.3) is 10.2 Å². The van der Waals surface area contributed by atoms with Crippen molar-refractivity contribution >= 4 is 28.5 Å². The number of nitrogens with zero attached hydrogens (tertiary/aromatic N) is 2. The Hall–Kier alpha value is -0.410. The van der Waals surface area contributed by atoms with E-state index in [2.05, 4.69) is 5.32 Å². The summed E-state index contributed by atoms with van der Waals surface area (Å²) in [5, 5.41) is 8.27. The molecule has 2 rings (SSSR count). The van der Waals surface area contributed by atoms with Crippen LogP contribution in [0.3, 0.4) is 0 Å². The van der Waals surface area contributed by atoms with Crippen molar-refractivity contribution in [1.82, 2.24) is 14.5 Å². The minimum Gasteiger partial charge on any atom is -0.340 e. The Morgan fingerprint density at radius 3 is 2.32 bits per heavy atom. The van der Waals surface area contributed by atoms with E-state index in [1.54, 1.807) is 4.90 Å². The second-order valence-corrected chi connectivity index (χ2v) is 6.36. The van der Waals surface area contributed by atoms with Crippen molar-refractivity contribution in [2.75, 3.05) is 39.3 Å². The van der Waals surface area contributed by atoms with Crippen molar-refractivity contribution in [3.05, 3.63) is 0 Å². The smallest absolute Gasteiger partial charge is 0.277 e. The Morgan fingerprint density at radius 1 is 1.21 bits per heavy atom. The number of carbonyl (C=O) groups is 1. The van der Waals surface area contributed by atoms with Crippen LogP contribution in [0.15, 0.2) is 0 Å². The van der Waals surface area contributed by atoms with Gasteiger partial charge in [0, 0.05) is 32.7 Å². The fourth-order valence-corrected chi connectivity index (χ4v) is 3.16. The van der Waals surface area contributed by atoms with Gasteiger partial charge in [-0.25, -0.2) is 5.14 Å². The third kappa shape index (κ3) is 4.28. The number of piperidine rings is 1. The van der Waals surface area contributed by atoms with Crippen LogP contribution in [-0.2, 0) is 15.0 Å². The van der Waals surface area contributed by atoms with Crippen molar-refractivity contribution in [2.45, 2.75) is 12.8 Å². The lowest BCUT2D eigenvalue weighted by Crippen LogP contribution is -2.54. The van der Waals surface area contributed by atoms with E-state index in [1.807, 2.05) is 0 Å². The summed E-state index contributed by atoms with van der Waals surface area (Å²) in [6.45, 7) is 3.17. The zero-order valence-electron chi connectivity index (χ0n) is 10.7. The van der Waals surface area contributed by atoms with E-state index in [0.29, 0.717) is 26.2 Å². The molecule has 2 fully saturated rings. The molecule has 2 aliphatic rings. The lowest BCUT2D eigenvalue weighted by Gasteiger charge is -2.35. The second-order valence-electron chi connectivity index (χ2n) is 4.81. The molecule has 9 heteroatoms. The Morgan fingerprint density at radius 2 is 1.84 bits per heavy atom. The zero-order chi connectivity index (χ0) is 13.2. The van der Waals surface area contributed by atoms with E-state index >= 15 is 0 Å². The first-order chi connectivity index (χ1) is 8.48. The normalized spacial score (nSPS) is 25.7. The van der Waals surface area contributed by atoms with Crippen molar-refractivity contribution < 1.29 is 13.2 Å². The zero-order valence-corrected chi connectivity index (χ0v) is 12.4. The van der Waals surface area contributed by atoms with Crippen LogP contribution in [0.1, 0.15) is 12.8 Å². The molecule has 1 amide bonds. The van der Waals surface area contributed by atoms with Crippen LogP contribution in [0.25, 0.3) is 0 Å². The average Bonchev–Trinajstić information content (AvgIpc) is 2.38. The summed E-state index contributed by atoms with van der Waals surface area (Å²) in [5.74, 6) is 0.177. The standard InChI is InChI=1S/C10H20N4O3S.ClH/c11-18(16,17)14-6-4-13(5-7-14)10(15)9-2-1-3-12-8-9;/h9,12H,1-8H2,(H2,11,16,17);1H. The lowest BCUT2D eigenvalue weighted by molar-refractivity contribution is -0.137. The fraction of sp³-hybridized carbons (Fsp3) is 0.900. The maximum Gasteiger partial charge on any atom is 0.277 e. The molecule has 2 saturated heterocycles. The van der Waals surface area contributed by atoms with Gasteiger partial charge in [0.15, 0.2) is 0 Å². The van der Waals surface area contributed by atoms with Crippen LogP contribution in [-0.4, -0.2) is 62.8 Å². The molecule has 0 aliphatic carbocycles. The van der Waals surface area contributed by atoms with Crippen molar-refractivity contribution in [2.24, 2.45) is 11.1 Å². The maximum atomic E-state index is 12.2. The molecule has 2 heterocycles. The number of rotatable bonds is 2. The van der Waals surface area contributed by atoms with Gasteiger partial charge in [-0.15, -0.1) is 12.4 Å². The molecule has 0 aromatic carbocycles. The Bertz CT molecular complexity index is 403. The van der Waals surface area contributed by atoms with E-state index in [4.69, 9.17) is 5.14 Å². The molecule has 0 aromatic rings. The number of amides is 1. The summed E-state index contributed by atoms with van der Waals surface area (Å²) >= 11 is 0. The highest BCUT2D eigenvalue weighted by Gasteiger charge is 2.30. The predicted octanol–water partition coefficient (Wildman–Crippen LogP) is -1.24. The number of nitrogens with one attached hydrogen (secondary N) is 1. The third-order valence-corrected chi connectivity index (χ3v) is 4.64. The molecule has 0 aromatic heterocycles. The number of hydrogen-bond donors (Lipinski definition) is 2. The minimum absolute atomic E-state index is 0. The molecule has 3 N–H and O–H groups in total. The Labute approximate surface area is 120 Å². The van der Waals surface area contributed by atoms with Gasteiger partial charge >= 0.3 is 0 Å². The number of hydrogen-bond acceptors (Lipinski definition) is 4. The summed E-state index contributed by atoms with van der Waals surface area (Å²) in [6.07, 6.45) is 1.94. The molecule has 0 bridgehead atoms. The van der Waals surface area contributed by atoms with E-state index in [0.717, 1.165) is 25.9 Å². The highest BCUT2D eigenvalue weighted by molar-refractivity contribution is 7.86. The molecular weight excluding hydrogens is 292 g/mol. The molecule has 1 atom stereocenters. The first-order valence-corrected chi connectivity index (χ1v) is 7.76. The first kappa shape index (κ1) is 16.6. The molecule has 0 saturated carbocycles. The number of carbonyl (C=O) groups excluding carboxylic acids is 1. The summed E-state index contributed by atoms with van der Waals surface area (Å²) in [6, 6.07) is 0. The van der Waals surface area contributed by atoms with Gasteiger partial charge in [0.2, 0.25) is 5.91 Å². The van der Waals surface area contributed by atoms with Crippen LogP contribution in [0.5, 0.6) is 0 Å². The maximum absolute atomic E-state index is 12.2. The molecule has 0 spiro atoms. The van der Waals surface area contributed by atoms with Gasteiger partial charge in [-0.2, -0.15) is 12.7 Å². The van der Waals surface area contributed by atoms with Crippen LogP contribution >= 0.6 is 12.4 Å². The van der Waals surface area contributed by atoms with Crippen LogP contribution in [0.2, 0.25) is 0 Å². The third-order valence-electron chi connectivity index (χ3n) is 3.56. The first-order valence-electron chi connectivity index (χ1n) is 6.26. The molecule has 2 aliphatic heterocycles. The van der Waals surface area contributed by atoms with Crippen molar-refractivity contribution in [3.63, 3.8) is 0 Å². The lowest BCUT2D eigenvalue weighted by atomic mass is 9.98. The fourth-order valence-electron chi connectivity index (χ4n) is 2.48. The van der Waals surface area contributed by atoms with Crippen LogP contribution < -0.4 is 10.5 Å². The summed E-state index contributed by atoms with van der Waals surface area (Å²) in [5.41, 5.74) is 0. The highest BCUT2D eigenvalue weighted by atomic mass is 35.5. The average molecular weight is 313 g/mol. The predicted molar refractivity (Wildman–Crippen MR) is 74.1 cm³/mol. The largest absolute Gasteiger partial charge is 0.340 e. The van der Waals surface area contributed by atoms with E-state index in [-0.39, 0.29) is 24.2 Å². The van der Waals surface area contributed by atoms with Crippen molar-refractivity contribution in [1.29, 1.82) is 0 Å². The SMILES string of the molecule is Cl.NS(=O)(=O)N1CCN(C(=O)C2CCCNC2)CC1. The topological polar surface area (TPSA) is 95.7 Å². The number of nitrogens with two attached hydrogens (primary N) is 1. The summed E-state index contributed by atoms with van der Waals surface area (Å²) in [4.78, 5) is 13.9. The summed E-state index contributed by atoms with van der Waals surface area (Å²) in [7, 11) is -3.62. The quantitative estimate of drug-likeness (QED) is 0.666. The van der Waals surface area contributed by atoms with Gasteiger partial charge in [0.05, 0.1) is 5.92 Å². The monoisotopic (exact) mass is 312 g/mol. The van der Waals surface area contributed by atoms with Gasteiger partial charge in [-0.05, 0) is 19.4 Å². The van der Waals surface area contributed by atoms with Crippen LogP contribution in [0, 0.1) is 5.92 Å². The second kappa shape index (κ2) is 6.85. The highest BCUT2D eigenvalue weighted by Crippen LogP contribution is 2.15. The van der Waals surface area contributed by atoms with Crippen molar-refractivity contribution in [3.8, 4) is 0 Å². The van der Waals surface area contributed by atoms with E-state index < -0.39 is 10.2 Å². The van der Waals surface area contributed by atoms with Crippen LogP contribution in [0.4, 0.5) is 0 Å². The Kier molecular flexibility index (Phi) is 6.00. The summed E-state index contributed by atoms with van der Waals surface area (Å²) < 4.78 is 23.5. The van der Waals surface area contributed by atoms with Gasteiger partial charge in [-0.3, -0.25) is 4.79 Å². The van der Waals surface area contributed by atoms with E-state index in [1.165, 1.54) is 4.31 Å². The Balaban J connectivity index is 0.00000180. The molecular formula is C10H21ClN4O3S. The molecule has 7 nitrogen and oxygen atoms in total. The molecule has 1 unspecified atom stereocenters. The number of piperazine rings is 1. The van der Waals surface area contributed by atoms with E-state index in [9.17, 15) is 13.2 Å². The van der Waals surface area contributed by atoms with Gasteiger partial charge in [-0.1, -0.05) is 0 Å². The molecule has 0 radical (unpaired) electrons. The van der Waals surface area contributed by atoms with Gasteiger partial charge < -0.3 is 10.2 Å².